The first-order valence-electron chi connectivity index (χ1n) is 14.1. The second-order valence-corrected chi connectivity index (χ2v) is 12.9. The number of fused-ring (bicyclic) bond motifs is 1. The Balaban J connectivity index is 1.48. The molecule has 5 rings (SSSR count). The van der Waals surface area contributed by atoms with Crippen LogP contribution in [0.5, 0.6) is 11.5 Å². The van der Waals surface area contributed by atoms with E-state index in [1.165, 1.54) is 35.2 Å². The summed E-state index contributed by atoms with van der Waals surface area (Å²) in [6.07, 6.45) is 3.78. The van der Waals surface area contributed by atoms with Crippen molar-refractivity contribution in [3.05, 3.63) is 83.1 Å². The zero-order valence-electron chi connectivity index (χ0n) is 23.7. The molecule has 0 aromatic heterocycles. The quantitative estimate of drug-likeness (QED) is 0.341. The molecular weight excluding hydrogens is 597 g/mol. The molecule has 1 heterocycles. The van der Waals surface area contributed by atoms with Crippen LogP contribution >= 0.6 is 11.6 Å². The van der Waals surface area contributed by atoms with Gasteiger partial charge in [-0.3, -0.25) is 13.9 Å². The van der Waals surface area contributed by atoms with Crippen LogP contribution in [0.3, 0.4) is 0 Å². The van der Waals surface area contributed by atoms with Crippen molar-refractivity contribution in [2.75, 3.05) is 24.1 Å². The number of amides is 2. The molecule has 1 saturated carbocycles. The van der Waals surface area contributed by atoms with Crippen molar-refractivity contribution >= 4 is 39.1 Å². The summed E-state index contributed by atoms with van der Waals surface area (Å²) in [7, 11) is -4.37. The second kappa shape index (κ2) is 13.2. The third kappa shape index (κ3) is 7.22. The van der Waals surface area contributed by atoms with Gasteiger partial charge in [0.2, 0.25) is 11.8 Å². The maximum absolute atomic E-state index is 14.1. The third-order valence-electron chi connectivity index (χ3n) is 7.61. The van der Waals surface area contributed by atoms with Gasteiger partial charge in [-0.1, -0.05) is 36.6 Å². The van der Waals surface area contributed by atoms with Gasteiger partial charge in [-0.25, -0.2) is 12.8 Å². The Labute approximate surface area is 255 Å². The minimum atomic E-state index is -4.37. The molecular formula is C31H33ClFN3O6S. The molecule has 3 aromatic rings. The Morgan fingerprint density at radius 2 is 1.70 bits per heavy atom. The average molecular weight is 630 g/mol. The van der Waals surface area contributed by atoms with Crippen molar-refractivity contribution in [3.8, 4) is 11.5 Å². The molecule has 228 valence electrons. The number of carbonyl (C=O) groups is 2. The summed E-state index contributed by atoms with van der Waals surface area (Å²) in [5.41, 5.74) is 0.750. The summed E-state index contributed by atoms with van der Waals surface area (Å²) in [6.45, 7) is 1.58. The van der Waals surface area contributed by atoms with Crippen LogP contribution < -0.4 is 19.1 Å². The van der Waals surface area contributed by atoms with Gasteiger partial charge in [0.15, 0.2) is 11.5 Å². The van der Waals surface area contributed by atoms with E-state index in [-0.39, 0.29) is 41.4 Å². The number of carbonyl (C=O) groups excluding carboxylic acids is 2. The highest BCUT2D eigenvalue weighted by Crippen LogP contribution is 2.34. The maximum Gasteiger partial charge on any atom is 0.264 e. The van der Waals surface area contributed by atoms with Crippen LogP contribution in [0.15, 0.2) is 71.6 Å². The number of sulfonamides is 1. The SMILES string of the molecule is CC(C(=O)NC1CCCC1)N(Cc1cccc(Cl)c1)C(=O)CN(c1ccc(F)cc1)S(=O)(=O)c1ccc2c(c1)OCCO2. The van der Waals surface area contributed by atoms with Gasteiger partial charge in [0, 0.05) is 23.7 Å². The van der Waals surface area contributed by atoms with Gasteiger partial charge in [-0.15, -0.1) is 0 Å². The van der Waals surface area contributed by atoms with E-state index in [1.807, 2.05) is 0 Å². The molecule has 1 N–H and O–H groups in total. The van der Waals surface area contributed by atoms with Gasteiger partial charge in [0.1, 0.15) is 31.6 Å². The number of ether oxygens (including phenoxy) is 2. The highest BCUT2D eigenvalue weighted by molar-refractivity contribution is 7.92. The van der Waals surface area contributed by atoms with Crippen molar-refractivity contribution in [2.45, 2.75) is 56.1 Å². The highest BCUT2D eigenvalue weighted by atomic mass is 35.5. The number of nitrogens with one attached hydrogen (secondary N) is 1. The van der Waals surface area contributed by atoms with Gasteiger partial charge in [-0.05, 0) is 73.9 Å². The summed E-state index contributed by atoms with van der Waals surface area (Å²) in [5.74, 6) is -0.849. The average Bonchev–Trinajstić information content (AvgIpc) is 3.51. The van der Waals surface area contributed by atoms with Crippen LogP contribution in [0.25, 0.3) is 0 Å². The van der Waals surface area contributed by atoms with E-state index in [2.05, 4.69) is 5.32 Å². The van der Waals surface area contributed by atoms with Crippen molar-refractivity contribution < 1.29 is 31.9 Å². The highest BCUT2D eigenvalue weighted by Gasteiger charge is 2.34. The van der Waals surface area contributed by atoms with E-state index in [9.17, 15) is 22.4 Å². The van der Waals surface area contributed by atoms with Crippen LogP contribution in [-0.2, 0) is 26.2 Å². The van der Waals surface area contributed by atoms with Crippen molar-refractivity contribution in [1.82, 2.24) is 10.2 Å². The Hall–Kier alpha value is -3.83. The number of nitrogens with zero attached hydrogens (tertiary/aromatic N) is 2. The van der Waals surface area contributed by atoms with Gasteiger partial charge < -0.3 is 19.7 Å². The van der Waals surface area contributed by atoms with E-state index < -0.39 is 34.3 Å². The fourth-order valence-corrected chi connectivity index (χ4v) is 6.90. The van der Waals surface area contributed by atoms with E-state index in [4.69, 9.17) is 21.1 Å². The lowest BCUT2D eigenvalue weighted by atomic mass is 10.1. The standard InChI is InChI=1S/C31H33ClFN3O6S/c1-21(31(38)34-25-7-2-3-8-25)35(19-22-5-4-6-23(32)17-22)30(37)20-36(26-11-9-24(33)10-12-26)43(39,40)27-13-14-28-29(18-27)42-16-15-41-28/h4-6,9-14,17-18,21,25H,2-3,7-8,15-16,19-20H2,1H3,(H,34,38). The van der Waals surface area contributed by atoms with Gasteiger partial charge in [-0.2, -0.15) is 0 Å². The lowest BCUT2D eigenvalue weighted by molar-refractivity contribution is -0.139. The first-order chi connectivity index (χ1) is 20.6. The Bertz CT molecular complexity index is 1580. The van der Waals surface area contributed by atoms with Gasteiger partial charge in [0.05, 0.1) is 10.6 Å². The number of hydrogen-bond donors (Lipinski definition) is 1. The molecule has 9 nitrogen and oxygen atoms in total. The third-order valence-corrected chi connectivity index (χ3v) is 9.61. The molecule has 1 aliphatic heterocycles. The number of hydrogen-bond acceptors (Lipinski definition) is 6. The summed E-state index contributed by atoms with van der Waals surface area (Å²) in [4.78, 5) is 28.6. The van der Waals surface area contributed by atoms with E-state index in [1.54, 1.807) is 31.2 Å². The fraction of sp³-hybridized carbons (Fsp3) is 0.355. The normalized spacial score (nSPS) is 15.5. The minimum Gasteiger partial charge on any atom is -0.486 e. The smallest absolute Gasteiger partial charge is 0.264 e. The molecule has 2 amide bonds. The molecule has 12 heteroatoms. The van der Waals surface area contributed by atoms with Crippen molar-refractivity contribution in [2.24, 2.45) is 0 Å². The van der Waals surface area contributed by atoms with Crippen LogP contribution in [0.2, 0.25) is 5.02 Å². The summed E-state index contributed by atoms with van der Waals surface area (Å²) >= 11 is 6.20. The molecule has 1 fully saturated rings. The molecule has 0 radical (unpaired) electrons. The number of rotatable bonds is 10. The van der Waals surface area contributed by atoms with E-state index in [0.717, 1.165) is 42.1 Å². The predicted molar refractivity (Wildman–Crippen MR) is 160 cm³/mol. The molecule has 2 aliphatic rings. The number of benzene rings is 3. The Kier molecular flexibility index (Phi) is 9.41. The monoisotopic (exact) mass is 629 g/mol. The summed E-state index contributed by atoms with van der Waals surface area (Å²) in [6, 6.07) is 15.0. The van der Waals surface area contributed by atoms with Gasteiger partial charge >= 0.3 is 0 Å². The molecule has 1 aliphatic carbocycles. The Morgan fingerprint density at radius 1 is 1.00 bits per heavy atom. The molecule has 1 atom stereocenters. The summed E-state index contributed by atoms with van der Waals surface area (Å²) in [5, 5.41) is 3.49. The molecule has 0 bridgehead atoms. The van der Waals surface area contributed by atoms with E-state index in [0.29, 0.717) is 22.9 Å². The van der Waals surface area contributed by atoms with E-state index >= 15 is 0 Å². The fourth-order valence-electron chi connectivity index (χ4n) is 5.25. The second-order valence-electron chi connectivity index (χ2n) is 10.6. The summed E-state index contributed by atoms with van der Waals surface area (Å²) < 4.78 is 54.0. The molecule has 43 heavy (non-hydrogen) atoms. The van der Waals surface area contributed by atoms with Crippen LogP contribution in [-0.4, -0.2) is 57.0 Å². The molecule has 0 spiro atoms. The predicted octanol–water partition coefficient (Wildman–Crippen LogP) is 4.92. The first-order valence-corrected chi connectivity index (χ1v) is 16.0. The topological polar surface area (TPSA) is 105 Å². The largest absolute Gasteiger partial charge is 0.486 e. The zero-order valence-corrected chi connectivity index (χ0v) is 25.2. The lowest BCUT2D eigenvalue weighted by Gasteiger charge is -2.32. The molecule has 1 unspecified atom stereocenters. The number of halogens is 2. The maximum atomic E-state index is 14.1. The van der Waals surface area contributed by atoms with Crippen LogP contribution in [0.4, 0.5) is 10.1 Å². The zero-order chi connectivity index (χ0) is 30.6. The van der Waals surface area contributed by atoms with Crippen LogP contribution in [0, 0.1) is 5.82 Å². The van der Waals surface area contributed by atoms with Crippen LogP contribution in [0.1, 0.15) is 38.2 Å². The van der Waals surface area contributed by atoms with Crippen molar-refractivity contribution in [3.63, 3.8) is 0 Å². The van der Waals surface area contributed by atoms with Gasteiger partial charge in [0.25, 0.3) is 10.0 Å². The Morgan fingerprint density at radius 3 is 2.40 bits per heavy atom. The minimum absolute atomic E-state index is 0.0139. The molecule has 0 saturated heterocycles. The molecule has 3 aromatic carbocycles. The van der Waals surface area contributed by atoms with Crippen molar-refractivity contribution in [1.29, 1.82) is 0 Å². The first kappa shape index (κ1) is 30.6. The lowest BCUT2D eigenvalue weighted by Crippen LogP contribution is -2.52. The number of anilines is 1.